The number of carbonyl (C=O) groups excluding carboxylic acids is 2. The third-order valence-corrected chi connectivity index (χ3v) is 8.94. The first-order valence-corrected chi connectivity index (χ1v) is 16.8. The first kappa shape index (κ1) is 34.8. The number of hydrazine groups is 1. The van der Waals surface area contributed by atoms with E-state index in [0.717, 1.165) is 23.2 Å². The Bertz CT molecular complexity index is 1600. The quantitative estimate of drug-likeness (QED) is 0.270. The SMILES string of the molecule is CC(C)(C)OC(=O)N1[C@H](Cc2ccc(-c3ccccn3)cc2)[C@H](CN(Cc2ccccc2F)NC(=O)O[C@H]2CO[C@H]3OCC[C@H]32)OC1(C)C. The van der Waals surface area contributed by atoms with E-state index in [0.29, 0.717) is 18.6 Å². The number of halogens is 1. The number of benzene rings is 2. The zero-order chi connectivity index (χ0) is 34.8. The molecule has 0 aliphatic carbocycles. The predicted molar refractivity (Wildman–Crippen MR) is 178 cm³/mol. The summed E-state index contributed by atoms with van der Waals surface area (Å²) in [5.74, 6) is -0.453. The Kier molecular flexibility index (Phi) is 10.2. The number of hydrogen-bond acceptors (Lipinski definition) is 9. The number of amides is 2. The summed E-state index contributed by atoms with van der Waals surface area (Å²) in [6, 6.07) is 19.7. The van der Waals surface area contributed by atoms with Gasteiger partial charge in [-0.1, -0.05) is 48.5 Å². The molecule has 1 aromatic heterocycles. The zero-order valence-electron chi connectivity index (χ0n) is 28.6. The zero-order valence-corrected chi connectivity index (χ0v) is 28.6. The Labute approximate surface area is 286 Å². The average molecular weight is 677 g/mol. The van der Waals surface area contributed by atoms with Crippen LogP contribution in [-0.2, 0) is 36.6 Å². The molecular weight excluding hydrogens is 631 g/mol. The van der Waals surface area contributed by atoms with E-state index in [9.17, 15) is 14.0 Å². The van der Waals surface area contributed by atoms with Crippen molar-refractivity contribution in [2.24, 2.45) is 5.92 Å². The largest absolute Gasteiger partial charge is 0.444 e. The van der Waals surface area contributed by atoms with Crippen molar-refractivity contribution in [3.05, 3.63) is 89.9 Å². The van der Waals surface area contributed by atoms with E-state index < -0.39 is 47.6 Å². The van der Waals surface area contributed by atoms with Crippen LogP contribution < -0.4 is 5.43 Å². The third kappa shape index (κ3) is 8.38. The molecule has 11 nitrogen and oxygen atoms in total. The fourth-order valence-electron chi connectivity index (χ4n) is 6.75. The molecule has 2 amide bonds. The highest BCUT2D eigenvalue weighted by Gasteiger charge is 2.52. The monoisotopic (exact) mass is 676 g/mol. The topological polar surface area (TPSA) is 112 Å². The maximum absolute atomic E-state index is 14.9. The number of nitrogens with zero attached hydrogens (tertiary/aromatic N) is 3. The minimum absolute atomic E-state index is 0.0241. The van der Waals surface area contributed by atoms with Gasteiger partial charge in [-0.15, -0.1) is 0 Å². The van der Waals surface area contributed by atoms with E-state index in [1.54, 1.807) is 34.3 Å². The van der Waals surface area contributed by atoms with Crippen LogP contribution in [0.25, 0.3) is 11.3 Å². The van der Waals surface area contributed by atoms with Gasteiger partial charge in [-0.25, -0.2) is 19.0 Å². The van der Waals surface area contributed by atoms with Crippen LogP contribution in [0.4, 0.5) is 14.0 Å². The summed E-state index contributed by atoms with van der Waals surface area (Å²) in [6.07, 6.45) is 0.245. The van der Waals surface area contributed by atoms with Crippen LogP contribution in [-0.4, -0.2) is 82.7 Å². The van der Waals surface area contributed by atoms with Gasteiger partial charge in [0.25, 0.3) is 0 Å². The van der Waals surface area contributed by atoms with Crippen LogP contribution >= 0.6 is 0 Å². The summed E-state index contributed by atoms with van der Waals surface area (Å²) >= 11 is 0. The molecule has 3 saturated heterocycles. The molecule has 5 atom stereocenters. The highest BCUT2D eigenvalue weighted by Crippen LogP contribution is 2.37. The second-order valence-corrected chi connectivity index (χ2v) is 14.2. The highest BCUT2D eigenvalue weighted by atomic mass is 19.1. The van der Waals surface area contributed by atoms with Crippen molar-refractivity contribution in [1.82, 2.24) is 20.3 Å². The van der Waals surface area contributed by atoms with Crippen LogP contribution in [0.15, 0.2) is 72.9 Å². The van der Waals surface area contributed by atoms with Crippen LogP contribution in [0.2, 0.25) is 0 Å². The molecule has 0 spiro atoms. The number of ether oxygens (including phenoxy) is 5. The van der Waals surface area contributed by atoms with E-state index in [1.807, 2.05) is 77.1 Å². The van der Waals surface area contributed by atoms with Crippen LogP contribution in [0.3, 0.4) is 0 Å². The van der Waals surface area contributed by atoms with Crippen LogP contribution in [0.1, 0.15) is 52.2 Å². The predicted octanol–water partition coefficient (Wildman–Crippen LogP) is 6.08. The Balaban J connectivity index is 1.26. The molecule has 3 aliphatic heterocycles. The van der Waals surface area contributed by atoms with E-state index in [4.69, 9.17) is 23.7 Å². The van der Waals surface area contributed by atoms with Gasteiger partial charge in [-0.3, -0.25) is 15.3 Å². The van der Waals surface area contributed by atoms with Crippen LogP contribution in [0.5, 0.6) is 0 Å². The maximum atomic E-state index is 14.9. The number of nitrogens with one attached hydrogen (secondary N) is 1. The number of aromatic nitrogens is 1. The molecule has 3 aliphatic rings. The van der Waals surface area contributed by atoms with Crippen molar-refractivity contribution in [3.8, 4) is 11.3 Å². The van der Waals surface area contributed by atoms with Gasteiger partial charge in [0.05, 0.1) is 37.0 Å². The van der Waals surface area contributed by atoms with Gasteiger partial charge in [0.15, 0.2) is 6.29 Å². The maximum Gasteiger partial charge on any atom is 0.422 e. The lowest BCUT2D eigenvalue weighted by Crippen LogP contribution is -2.53. The lowest BCUT2D eigenvalue weighted by molar-refractivity contribution is -0.0909. The van der Waals surface area contributed by atoms with Crippen molar-refractivity contribution < 1.29 is 37.7 Å². The second-order valence-electron chi connectivity index (χ2n) is 14.2. The molecule has 4 heterocycles. The molecule has 6 rings (SSSR count). The van der Waals surface area contributed by atoms with E-state index in [1.165, 1.54) is 6.07 Å². The number of fused-ring (bicyclic) bond motifs is 1. The van der Waals surface area contributed by atoms with E-state index in [-0.39, 0.29) is 31.9 Å². The lowest BCUT2D eigenvalue weighted by atomic mass is 9.98. The standard InChI is InChI=1S/C37H45FN4O7/c1-36(2,3)49-35(44)42-30(20-24-13-15-25(16-14-24)29-12-8-9-18-39-29)31(48-37(42,4)5)22-41(21-26-10-6-7-11-28(26)38)40-34(43)47-32-23-46-33-27(32)17-19-45-33/h6-16,18,27,30-33H,17,19-23H2,1-5H3,(H,40,43)/t27-,30+,31-,32-,33+/m0/s1. The van der Waals surface area contributed by atoms with E-state index in [2.05, 4.69) is 10.4 Å². The Morgan fingerprint density at radius 1 is 1.06 bits per heavy atom. The minimum atomic E-state index is -1.06. The summed E-state index contributed by atoms with van der Waals surface area (Å²) in [5.41, 5.74) is 4.19. The molecule has 49 heavy (non-hydrogen) atoms. The first-order valence-electron chi connectivity index (χ1n) is 16.8. The average Bonchev–Trinajstić information content (AvgIpc) is 3.72. The fourth-order valence-corrected chi connectivity index (χ4v) is 6.75. The Morgan fingerprint density at radius 2 is 1.82 bits per heavy atom. The van der Waals surface area contributed by atoms with Gasteiger partial charge in [0.1, 0.15) is 23.2 Å². The molecule has 3 fully saturated rings. The fraction of sp³-hybridized carbons (Fsp3) is 0.486. The van der Waals surface area contributed by atoms with Crippen molar-refractivity contribution in [1.29, 1.82) is 0 Å². The molecule has 1 N–H and O–H groups in total. The van der Waals surface area contributed by atoms with Crippen molar-refractivity contribution in [2.45, 2.75) is 89.9 Å². The molecule has 0 unspecified atom stereocenters. The number of pyridine rings is 1. The molecule has 3 aromatic rings. The summed E-state index contributed by atoms with van der Waals surface area (Å²) in [4.78, 5) is 33.2. The number of carbonyl (C=O) groups is 2. The smallest absolute Gasteiger partial charge is 0.422 e. The molecule has 262 valence electrons. The van der Waals surface area contributed by atoms with Gasteiger partial charge in [-0.05, 0) is 71.2 Å². The minimum Gasteiger partial charge on any atom is -0.444 e. The Morgan fingerprint density at radius 3 is 2.53 bits per heavy atom. The second kappa shape index (κ2) is 14.4. The van der Waals surface area contributed by atoms with Gasteiger partial charge < -0.3 is 23.7 Å². The molecule has 0 radical (unpaired) electrons. The van der Waals surface area contributed by atoms with E-state index >= 15 is 0 Å². The van der Waals surface area contributed by atoms with Gasteiger partial charge in [0, 0.05) is 30.4 Å². The molecule has 2 aromatic carbocycles. The van der Waals surface area contributed by atoms with Crippen molar-refractivity contribution in [2.75, 3.05) is 19.8 Å². The van der Waals surface area contributed by atoms with Crippen LogP contribution in [0, 0.1) is 11.7 Å². The summed E-state index contributed by atoms with van der Waals surface area (Å²) < 4.78 is 44.4. The van der Waals surface area contributed by atoms with Gasteiger partial charge in [-0.2, -0.15) is 0 Å². The molecule has 0 saturated carbocycles. The lowest BCUT2D eigenvalue weighted by Gasteiger charge is -2.35. The Hall–Kier alpha value is -4.10. The number of rotatable bonds is 9. The van der Waals surface area contributed by atoms with Gasteiger partial charge in [0.2, 0.25) is 0 Å². The first-order chi connectivity index (χ1) is 23.4. The third-order valence-electron chi connectivity index (χ3n) is 8.94. The van der Waals surface area contributed by atoms with Crippen molar-refractivity contribution >= 4 is 12.2 Å². The number of hydrogen-bond donors (Lipinski definition) is 1. The molecule has 12 heteroatoms. The normalized spacial score (nSPS) is 24.6. The highest BCUT2D eigenvalue weighted by molar-refractivity contribution is 5.70. The molecular formula is C37H45FN4O7. The summed E-state index contributed by atoms with van der Waals surface area (Å²) in [5, 5.41) is 1.58. The summed E-state index contributed by atoms with van der Waals surface area (Å²) in [7, 11) is 0. The van der Waals surface area contributed by atoms with Crippen molar-refractivity contribution in [3.63, 3.8) is 0 Å². The van der Waals surface area contributed by atoms with Gasteiger partial charge >= 0.3 is 12.2 Å². The summed E-state index contributed by atoms with van der Waals surface area (Å²) in [6.45, 7) is 10.0. The molecule has 0 bridgehead atoms.